The van der Waals surface area contributed by atoms with Gasteiger partial charge in [0.05, 0.1) is 12.5 Å². The Morgan fingerprint density at radius 2 is 1.82 bits per heavy atom. The highest BCUT2D eigenvalue weighted by Gasteiger charge is 2.11. The maximum atomic E-state index is 11.5. The summed E-state index contributed by atoms with van der Waals surface area (Å²) in [5.41, 5.74) is 3.53. The maximum Gasteiger partial charge on any atom is 0.229 e. The Bertz CT molecular complexity index is 1270. The number of hydrogen-bond donors (Lipinski definition) is 2. The van der Waals surface area contributed by atoms with Crippen LogP contribution in [0.2, 0.25) is 5.02 Å². The predicted octanol–water partition coefficient (Wildman–Crippen LogP) is 4.16. The van der Waals surface area contributed by atoms with E-state index in [0.717, 1.165) is 23.1 Å². The molecular weight excluding hydrogens is 398 g/mol. The summed E-state index contributed by atoms with van der Waals surface area (Å²) in [6, 6.07) is 16.3. The van der Waals surface area contributed by atoms with Gasteiger partial charge >= 0.3 is 0 Å². The van der Waals surface area contributed by atoms with Crippen LogP contribution in [0.15, 0.2) is 67.0 Å². The number of halogens is 1. The van der Waals surface area contributed by atoms with Gasteiger partial charge in [0.15, 0.2) is 5.65 Å². The number of nitrogens with zero attached hydrogens (tertiary/aromatic N) is 3. The third-order valence-electron chi connectivity index (χ3n) is 3.94. The summed E-state index contributed by atoms with van der Waals surface area (Å²) in [6.07, 6.45) is 4.62. The molecule has 0 saturated heterocycles. The third-order valence-corrected chi connectivity index (χ3v) is 4.78. The van der Waals surface area contributed by atoms with Gasteiger partial charge in [-0.05, 0) is 42.0 Å². The smallest absolute Gasteiger partial charge is 0.229 e. The Hall–Kier alpha value is -3.10. The van der Waals surface area contributed by atoms with Gasteiger partial charge < -0.3 is 5.32 Å². The average Bonchev–Trinajstić information content (AvgIpc) is 3.04. The molecule has 0 radical (unpaired) electrons. The standard InChI is InChI=1S/C19H16ClN5O2S/c1-28(26,27)24-16-7-2-4-13(10-16)17-12-21-25-9-8-18(23-19(17)25)22-15-6-3-5-14(20)11-15/h2-12,24H,1H3,(H,22,23). The Balaban J connectivity index is 1.71. The molecule has 0 amide bonds. The highest BCUT2D eigenvalue weighted by Crippen LogP contribution is 2.27. The van der Waals surface area contributed by atoms with Crippen LogP contribution in [0.3, 0.4) is 0 Å². The number of hydrogen-bond acceptors (Lipinski definition) is 5. The van der Waals surface area contributed by atoms with E-state index >= 15 is 0 Å². The SMILES string of the molecule is CS(=O)(=O)Nc1cccc(-c2cnn3ccc(Nc4cccc(Cl)c4)nc23)c1. The molecule has 0 aliphatic rings. The monoisotopic (exact) mass is 413 g/mol. The van der Waals surface area contributed by atoms with Crippen LogP contribution in [0.25, 0.3) is 16.8 Å². The number of aromatic nitrogens is 3. The second-order valence-electron chi connectivity index (χ2n) is 6.23. The van der Waals surface area contributed by atoms with Crippen LogP contribution in [-0.2, 0) is 10.0 Å². The molecule has 0 aliphatic carbocycles. The van der Waals surface area contributed by atoms with Crippen LogP contribution >= 0.6 is 11.6 Å². The number of rotatable bonds is 5. The van der Waals surface area contributed by atoms with Crippen LogP contribution in [0, 0.1) is 0 Å². The van der Waals surface area contributed by atoms with Crippen molar-refractivity contribution in [3.8, 4) is 11.1 Å². The molecule has 7 nitrogen and oxygen atoms in total. The second kappa shape index (κ2) is 7.14. The first kappa shape index (κ1) is 18.3. The zero-order valence-electron chi connectivity index (χ0n) is 14.8. The van der Waals surface area contributed by atoms with Crippen molar-refractivity contribution in [1.82, 2.24) is 14.6 Å². The fourth-order valence-corrected chi connectivity index (χ4v) is 3.57. The Morgan fingerprint density at radius 3 is 2.61 bits per heavy atom. The third kappa shape index (κ3) is 4.08. The quantitative estimate of drug-likeness (QED) is 0.512. The van der Waals surface area contributed by atoms with E-state index in [0.29, 0.717) is 22.2 Å². The Kier molecular flexibility index (Phi) is 4.66. The van der Waals surface area contributed by atoms with E-state index in [1.54, 1.807) is 41.2 Å². The molecule has 2 aromatic carbocycles. The van der Waals surface area contributed by atoms with E-state index in [2.05, 4.69) is 20.1 Å². The predicted molar refractivity (Wildman–Crippen MR) is 112 cm³/mol. The van der Waals surface area contributed by atoms with Gasteiger partial charge in [0.2, 0.25) is 10.0 Å². The topological polar surface area (TPSA) is 88.4 Å². The fraction of sp³-hybridized carbons (Fsp3) is 0.0526. The summed E-state index contributed by atoms with van der Waals surface area (Å²) in [5.74, 6) is 0.641. The molecule has 9 heteroatoms. The molecule has 0 aliphatic heterocycles. The van der Waals surface area contributed by atoms with Crippen molar-refractivity contribution in [1.29, 1.82) is 0 Å². The van der Waals surface area contributed by atoms with Crippen molar-refractivity contribution in [2.24, 2.45) is 0 Å². The molecule has 0 spiro atoms. The van der Waals surface area contributed by atoms with Gasteiger partial charge in [0.25, 0.3) is 0 Å². The minimum absolute atomic E-state index is 0.479. The van der Waals surface area contributed by atoms with Crippen molar-refractivity contribution in [2.45, 2.75) is 0 Å². The van der Waals surface area contributed by atoms with E-state index in [-0.39, 0.29) is 0 Å². The van der Waals surface area contributed by atoms with Gasteiger partial charge in [-0.1, -0.05) is 29.8 Å². The zero-order valence-corrected chi connectivity index (χ0v) is 16.4. The lowest BCUT2D eigenvalue weighted by Gasteiger charge is -2.08. The van der Waals surface area contributed by atoms with Crippen LogP contribution in [0.4, 0.5) is 17.2 Å². The minimum atomic E-state index is -3.36. The molecule has 0 atom stereocenters. The van der Waals surface area contributed by atoms with Crippen LogP contribution in [0.1, 0.15) is 0 Å². The molecule has 0 bridgehead atoms. The van der Waals surface area contributed by atoms with E-state index in [1.807, 2.05) is 30.3 Å². The largest absolute Gasteiger partial charge is 0.340 e. The minimum Gasteiger partial charge on any atom is -0.340 e. The van der Waals surface area contributed by atoms with Gasteiger partial charge in [0, 0.05) is 28.2 Å². The van der Waals surface area contributed by atoms with Crippen molar-refractivity contribution < 1.29 is 8.42 Å². The lowest BCUT2D eigenvalue weighted by atomic mass is 10.1. The van der Waals surface area contributed by atoms with E-state index < -0.39 is 10.0 Å². The summed E-state index contributed by atoms with van der Waals surface area (Å²) < 4.78 is 27.1. The number of benzene rings is 2. The molecule has 4 aromatic rings. The highest BCUT2D eigenvalue weighted by atomic mass is 35.5. The second-order valence-corrected chi connectivity index (χ2v) is 8.41. The molecular formula is C19H16ClN5O2S. The number of fused-ring (bicyclic) bond motifs is 1. The Labute approximate surface area is 167 Å². The number of nitrogens with one attached hydrogen (secondary N) is 2. The summed E-state index contributed by atoms with van der Waals surface area (Å²) >= 11 is 6.03. The molecule has 2 aromatic heterocycles. The molecule has 0 saturated carbocycles. The van der Waals surface area contributed by atoms with Crippen molar-refractivity contribution in [3.63, 3.8) is 0 Å². The molecule has 28 heavy (non-hydrogen) atoms. The van der Waals surface area contributed by atoms with Crippen molar-refractivity contribution in [2.75, 3.05) is 16.3 Å². The van der Waals surface area contributed by atoms with E-state index in [4.69, 9.17) is 11.6 Å². The van der Waals surface area contributed by atoms with Gasteiger partial charge in [-0.3, -0.25) is 4.72 Å². The first-order chi connectivity index (χ1) is 13.4. The van der Waals surface area contributed by atoms with Crippen LogP contribution in [0.5, 0.6) is 0 Å². The molecule has 4 rings (SSSR count). The lowest BCUT2D eigenvalue weighted by Crippen LogP contribution is -2.09. The first-order valence-corrected chi connectivity index (χ1v) is 10.6. The normalized spacial score (nSPS) is 11.5. The lowest BCUT2D eigenvalue weighted by molar-refractivity contribution is 0.607. The maximum absolute atomic E-state index is 11.5. The summed E-state index contributed by atoms with van der Waals surface area (Å²) in [6.45, 7) is 0. The molecule has 2 heterocycles. The van der Waals surface area contributed by atoms with Gasteiger partial charge in [-0.25, -0.2) is 17.9 Å². The number of anilines is 3. The summed E-state index contributed by atoms with van der Waals surface area (Å²) in [7, 11) is -3.36. The zero-order chi connectivity index (χ0) is 19.7. The van der Waals surface area contributed by atoms with Gasteiger partial charge in [-0.15, -0.1) is 0 Å². The molecule has 0 unspecified atom stereocenters. The average molecular weight is 414 g/mol. The molecule has 0 fully saturated rings. The molecule has 2 N–H and O–H groups in total. The van der Waals surface area contributed by atoms with Gasteiger partial charge in [-0.2, -0.15) is 5.10 Å². The summed E-state index contributed by atoms with van der Waals surface area (Å²) in [5, 5.41) is 8.18. The first-order valence-electron chi connectivity index (χ1n) is 8.33. The fourth-order valence-electron chi connectivity index (χ4n) is 2.82. The highest BCUT2D eigenvalue weighted by molar-refractivity contribution is 7.92. The van der Waals surface area contributed by atoms with Crippen molar-refractivity contribution in [3.05, 3.63) is 72.0 Å². The van der Waals surface area contributed by atoms with Crippen molar-refractivity contribution >= 4 is 44.5 Å². The van der Waals surface area contributed by atoms with Crippen LogP contribution in [-0.4, -0.2) is 29.3 Å². The van der Waals surface area contributed by atoms with Gasteiger partial charge in [0.1, 0.15) is 5.82 Å². The Morgan fingerprint density at radius 1 is 1.04 bits per heavy atom. The summed E-state index contributed by atoms with van der Waals surface area (Å²) in [4.78, 5) is 4.65. The van der Waals surface area contributed by atoms with E-state index in [1.165, 1.54) is 0 Å². The number of sulfonamides is 1. The van der Waals surface area contributed by atoms with E-state index in [9.17, 15) is 8.42 Å². The molecule has 142 valence electrons. The van der Waals surface area contributed by atoms with Crippen LogP contribution < -0.4 is 10.0 Å².